The standard InChI is InChI=1S/C18H21N3O5/c22-10-15-11-25-7-6-21(15)9-14-8-13(18-19-4-1-5-20-18)2-3-16(14)26-12-17(23)24/h1-5,8,15,22H,6-7,9-12H2,(H,23,24). The zero-order chi connectivity index (χ0) is 18.4. The summed E-state index contributed by atoms with van der Waals surface area (Å²) in [6.07, 6.45) is 3.33. The van der Waals surface area contributed by atoms with Crippen molar-refractivity contribution in [3.63, 3.8) is 0 Å². The SMILES string of the molecule is O=C(O)COc1ccc(-c2ncccn2)cc1CN1CCOCC1CO. The monoisotopic (exact) mass is 359 g/mol. The Labute approximate surface area is 151 Å². The van der Waals surface area contributed by atoms with Gasteiger partial charge in [0.25, 0.3) is 0 Å². The van der Waals surface area contributed by atoms with Crippen LogP contribution in [0.15, 0.2) is 36.7 Å². The largest absolute Gasteiger partial charge is 0.482 e. The van der Waals surface area contributed by atoms with E-state index in [0.717, 1.165) is 11.1 Å². The number of carboxylic acids is 1. The lowest BCUT2D eigenvalue weighted by atomic mass is 10.1. The van der Waals surface area contributed by atoms with Crippen molar-refractivity contribution in [1.82, 2.24) is 14.9 Å². The van der Waals surface area contributed by atoms with E-state index < -0.39 is 12.6 Å². The molecule has 138 valence electrons. The molecule has 2 heterocycles. The average Bonchev–Trinajstić information content (AvgIpc) is 2.68. The van der Waals surface area contributed by atoms with E-state index >= 15 is 0 Å². The minimum Gasteiger partial charge on any atom is -0.482 e. The van der Waals surface area contributed by atoms with Crippen LogP contribution in [0.25, 0.3) is 11.4 Å². The van der Waals surface area contributed by atoms with E-state index in [1.54, 1.807) is 30.6 Å². The normalized spacial score (nSPS) is 17.8. The first-order valence-electron chi connectivity index (χ1n) is 8.35. The first-order chi connectivity index (χ1) is 12.7. The Hall–Kier alpha value is -2.55. The number of ether oxygens (including phenoxy) is 2. The Morgan fingerprint density at radius 3 is 2.88 bits per heavy atom. The number of carboxylic acid groups (broad SMARTS) is 1. The van der Waals surface area contributed by atoms with Crippen LogP contribution in [-0.4, -0.2) is 70.1 Å². The summed E-state index contributed by atoms with van der Waals surface area (Å²) in [6.45, 7) is 1.81. The van der Waals surface area contributed by atoms with Crippen LogP contribution in [0.4, 0.5) is 0 Å². The molecule has 0 amide bonds. The molecule has 2 N–H and O–H groups in total. The van der Waals surface area contributed by atoms with Crippen LogP contribution in [0.3, 0.4) is 0 Å². The molecule has 1 aromatic carbocycles. The number of aromatic nitrogens is 2. The van der Waals surface area contributed by atoms with Crippen molar-refractivity contribution in [2.24, 2.45) is 0 Å². The Bertz CT molecular complexity index is 741. The van der Waals surface area contributed by atoms with Crippen molar-refractivity contribution in [2.45, 2.75) is 12.6 Å². The average molecular weight is 359 g/mol. The Morgan fingerprint density at radius 1 is 1.35 bits per heavy atom. The van der Waals surface area contributed by atoms with Crippen LogP contribution in [0.2, 0.25) is 0 Å². The van der Waals surface area contributed by atoms with Crippen molar-refractivity contribution in [3.05, 3.63) is 42.2 Å². The number of aliphatic hydroxyl groups excluding tert-OH is 1. The lowest BCUT2D eigenvalue weighted by Crippen LogP contribution is -2.46. The maximum atomic E-state index is 10.9. The van der Waals surface area contributed by atoms with E-state index in [4.69, 9.17) is 14.6 Å². The van der Waals surface area contributed by atoms with E-state index in [2.05, 4.69) is 14.9 Å². The number of aliphatic carboxylic acids is 1. The summed E-state index contributed by atoms with van der Waals surface area (Å²) >= 11 is 0. The fourth-order valence-corrected chi connectivity index (χ4v) is 2.85. The summed E-state index contributed by atoms with van der Waals surface area (Å²) in [4.78, 5) is 21.5. The van der Waals surface area contributed by atoms with Gasteiger partial charge >= 0.3 is 5.97 Å². The van der Waals surface area contributed by atoms with Crippen molar-refractivity contribution in [2.75, 3.05) is 33.0 Å². The summed E-state index contributed by atoms with van der Waals surface area (Å²) < 4.78 is 10.9. The number of nitrogens with zero attached hydrogens (tertiary/aromatic N) is 3. The van der Waals surface area contributed by atoms with Gasteiger partial charge in [-0.15, -0.1) is 0 Å². The molecule has 1 saturated heterocycles. The Kier molecular flexibility index (Phi) is 6.11. The summed E-state index contributed by atoms with van der Waals surface area (Å²) in [5.41, 5.74) is 1.63. The Morgan fingerprint density at radius 2 is 2.15 bits per heavy atom. The molecular formula is C18H21N3O5. The van der Waals surface area contributed by atoms with Crippen LogP contribution in [0.1, 0.15) is 5.56 Å². The highest BCUT2D eigenvalue weighted by atomic mass is 16.5. The minimum absolute atomic E-state index is 0.00714. The fraction of sp³-hybridized carbons (Fsp3) is 0.389. The van der Waals surface area contributed by atoms with Gasteiger partial charge in [0.2, 0.25) is 0 Å². The van der Waals surface area contributed by atoms with Gasteiger partial charge < -0.3 is 19.7 Å². The van der Waals surface area contributed by atoms with Gasteiger partial charge in [0.1, 0.15) is 5.75 Å². The third-order valence-corrected chi connectivity index (χ3v) is 4.17. The predicted molar refractivity (Wildman–Crippen MR) is 92.7 cm³/mol. The van der Waals surface area contributed by atoms with Crippen molar-refractivity contribution >= 4 is 5.97 Å². The highest BCUT2D eigenvalue weighted by Gasteiger charge is 2.23. The van der Waals surface area contributed by atoms with E-state index in [1.807, 2.05) is 6.07 Å². The molecule has 3 rings (SSSR count). The summed E-state index contributed by atoms with van der Waals surface area (Å²) in [7, 11) is 0. The highest BCUT2D eigenvalue weighted by Crippen LogP contribution is 2.27. The molecule has 0 bridgehead atoms. The van der Waals surface area contributed by atoms with Gasteiger partial charge in [-0.1, -0.05) is 0 Å². The van der Waals surface area contributed by atoms with Crippen molar-refractivity contribution in [3.8, 4) is 17.1 Å². The number of aliphatic hydroxyl groups is 1. The van der Waals surface area contributed by atoms with Crippen LogP contribution in [0.5, 0.6) is 5.75 Å². The van der Waals surface area contributed by atoms with Crippen LogP contribution < -0.4 is 4.74 Å². The molecule has 1 atom stereocenters. The Balaban J connectivity index is 1.88. The lowest BCUT2D eigenvalue weighted by Gasteiger charge is -2.34. The van der Waals surface area contributed by atoms with Crippen LogP contribution in [-0.2, 0) is 16.1 Å². The second-order valence-corrected chi connectivity index (χ2v) is 5.96. The summed E-state index contributed by atoms with van der Waals surface area (Å²) in [5, 5.41) is 18.5. The smallest absolute Gasteiger partial charge is 0.341 e. The van der Waals surface area contributed by atoms with Gasteiger partial charge in [0.15, 0.2) is 12.4 Å². The topological polar surface area (TPSA) is 105 Å². The first-order valence-corrected chi connectivity index (χ1v) is 8.35. The second-order valence-electron chi connectivity index (χ2n) is 5.96. The molecule has 1 unspecified atom stereocenters. The third-order valence-electron chi connectivity index (χ3n) is 4.17. The maximum absolute atomic E-state index is 10.9. The molecule has 1 aliphatic rings. The third kappa shape index (κ3) is 4.54. The molecule has 0 saturated carbocycles. The van der Waals surface area contributed by atoms with Gasteiger partial charge in [-0.05, 0) is 24.3 Å². The molecule has 26 heavy (non-hydrogen) atoms. The first kappa shape index (κ1) is 18.2. The zero-order valence-electron chi connectivity index (χ0n) is 14.2. The number of carbonyl (C=O) groups is 1. The lowest BCUT2D eigenvalue weighted by molar-refractivity contribution is -0.139. The van der Waals surface area contributed by atoms with E-state index in [0.29, 0.717) is 37.9 Å². The highest BCUT2D eigenvalue weighted by molar-refractivity contribution is 5.68. The summed E-state index contributed by atoms with van der Waals surface area (Å²) in [6, 6.07) is 7.08. The number of rotatable bonds is 7. The molecule has 2 aromatic rings. The second kappa shape index (κ2) is 8.70. The number of benzene rings is 1. The van der Waals surface area contributed by atoms with Gasteiger partial charge in [-0.2, -0.15) is 0 Å². The number of morpholine rings is 1. The number of hydrogen-bond acceptors (Lipinski definition) is 7. The van der Waals surface area contributed by atoms with Crippen LogP contribution in [0, 0.1) is 0 Å². The zero-order valence-corrected chi connectivity index (χ0v) is 14.2. The molecule has 0 spiro atoms. The molecule has 1 fully saturated rings. The predicted octanol–water partition coefficient (Wildman–Crippen LogP) is 0.800. The molecular weight excluding hydrogens is 338 g/mol. The number of hydrogen-bond donors (Lipinski definition) is 2. The van der Waals surface area contributed by atoms with Gasteiger partial charge in [0.05, 0.1) is 25.9 Å². The van der Waals surface area contributed by atoms with E-state index in [-0.39, 0.29) is 12.6 Å². The van der Waals surface area contributed by atoms with Crippen LogP contribution >= 0.6 is 0 Å². The molecule has 0 aliphatic carbocycles. The van der Waals surface area contributed by atoms with E-state index in [9.17, 15) is 9.90 Å². The van der Waals surface area contributed by atoms with Crippen molar-refractivity contribution in [1.29, 1.82) is 0 Å². The minimum atomic E-state index is -1.04. The van der Waals surface area contributed by atoms with Gasteiger partial charge in [0, 0.05) is 36.6 Å². The van der Waals surface area contributed by atoms with Gasteiger partial charge in [-0.3, -0.25) is 4.90 Å². The molecule has 8 nitrogen and oxygen atoms in total. The van der Waals surface area contributed by atoms with E-state index in [1.165, 1.54) is 0 Å². The fourth-order valence-electron chi connectivity index (χ4n) is 2.85. The maximum Gasteiger partial charge on any atom is 0.341 e. The van der Waals surface area contributed by atoms with Gasteiger partial charge in [-0.25, -0.2) is 14.8 Å². The molecule has 1 aromatic heterocycles. The van der Waals surface area contributed by atoms with Crippen molar-refractivity contribution < 1.29 is 24.5 Å². The quantitative estimate of drug-likeness (QED) is 0.748. The molecule has 0 radical (unpaired) electrons. The molecule has 8 heteroatoms. The molecule has 1 aliphatic heterocycles. The summed E-state index contributed by atoms with van der Waals surface area (Å²) in [5.74, 6) is 0.0421.